The van der Waals surface area contributed by atoms with Crippen molar-refractivity contribution in [1.29, 1.82) is 0 Å². The molecule has 0 atom stereocenters. The van der Waals surface area contributed by atoms with Gasteiger partial charge in [-0.05, 0) is 12.1 Å². The van der Waals surface area contributed by atoms with Gasteiger partial charge in [-0.3, -0.25) is 4.79 Å². The molecule has 0 aliphatic heterocycles. The van der Waals surface area contributed by atoms with Crippen molar-refractivity contribution in [2.45, 2.75) is 0 Å². The van der Waals surface area contributed by atoms with Crippen molar-refractivity contribution >= 4 is 29.2 Å². The summed E-state index contributed by atoms with van der Waals surface area (Å²) in [5.41, 5.74) is 6.27. The number of halogens is 1. The topological polar surface area (TPSA) is 87.5 Å². The number of nitrogens with zero attached hydrogens (tertiary/aromatic N) is 1. The van der Waals surface area contributed by atoms with Crippen LogP contribution in [0.4, 0.5) is 10.5 Å². The molecule has 4 N–H and O–H groups in total. The normalized spacial score (nSPS) is 9.84. The van der Waals surface area contributed by atoms with Crippen LogP contribution in [0.3, 0.4) is 0 Å². The van der Waals surface area contributed by atoms with Gasteiger partial charge >= 0.3 is 6.03 Å². The average Bonchev–Trinajstić information content (AvgIpc) is 2.34. The van der Waals surface area contributed by atoms with Crippen molar-refractivity contribution in [3.63, 3.8) is 0 Å². The number of hydrogen-bond acceptors (Lipinski definition) is 3. The van der Waals surface area contributed by atoms with E-state index in [1.165, 1.54) is 4.90 Å². The second-order valence-corrected chi connectivity index (χ2v) is 4.49. The number of hydrogen-bond donors (Lipinski definition) is 3. The number of carbonyl (C=O) groups excluding carboxylic acids is 2. The summed E-state index contributed by atoms with van der Waals surface area (Å²) in [6, 6.07) is 4.66. The SMILES string of the molecule is CN(C)C(=O)NCCNC(=O)c1c(N)cccc1Cl. The Labute approximate surface area is 116 Å². The second kappa shape index (κ2) is 6.84. The Morgan fingerprint density at radius 3 is 2.47 bits per heavy atom. The van der Waals surface area contributed by atoms with Gasteiger partial charge in [-0.2, -0.15) is 0 Å². The lowest BCUT2D eigenvalue weighted by Crippen LogP contribution is -2.39. The fourth-order valence-electron chi connectivity index (χ4n) is 1.37. The molecule has 104 valence electrons. The maximum atomic E-state index is 11.9. The molecule has 1 aromatic rings. The molecule has 0 aromatic heterocycles. The Morgan fingerprint density at radius 2 is 1.89 bits per heavy atom. The molecule has 1 aromatic carbocycles. The summed E-state index contributed by atoms with van der Waals surface area (Å²) in [5, 5.41) is 5.57. The molecule has 0 unspecified atom stereocenters. The Kier molecular flexibility index (Phi) is 5.44. The van der Waals surface area contributed by atoms with Crippen LogP contribution in [0.25, 0.3) is 0 Å². The van der Waals surface area contributed by atoms with Crippen molar-refractivity contribution in [3.8, 4) is 0 Å². The van der Waals surface area contributed by atoms with Crippen LogP contribution in [0.1, 0.15) is 10.4 Å². The van der Waals surface area contributed by atoms with E-state index in [9.17, 15) is 9.59 Å². The number of rotatable bonds is 4. The highest BCUT2D eigenvalue weighted by atomic mass is 35.5. The van der Waals surface area contributed by atoms with Gasteiger partial charge in [0, 0.05) is 32.9 Å². The number of carbonyl (C=O) groups is 2. The highest BCUT2D eigenvalue weighted by molar-refractivity contribution is 6.34. The molecule has 0 fully saturated rings. The Bertz CT molecular complexity index is 457. The van der Waals surface area contributed by atoms with Crippen LogP contribution in [0.2, 0.25) is 5.02 Å². The first kappa shape index (κ1) is 15.1. The van der Waals surface area contributed by atoms with E-state index in [-0.39, 0.29) is 17.5 Å². The van der Waals surface area contributed by atoms with Gasteiger partial charge in [-0.15, -0.1) is 0 Å². The van der Waals surface area contributed by atoms with Crippen molar-refractivity contribution < 1.29 is 9.59 Å². The van der Waals surface area contributed by atoms with Gasteiger partial charge in [0.05, 0.1) is 10.6 Å². The minimum absolute atomic E-state index is 0.216. The van der Waals surface area contributed by atoms with Gasteiger partial charge < -0.3 is 21.3 Å². The average molecular weight is 285 g/mol. The molecule has 0 saturated carbocycles. The van der Waals surface area contributed by atoms with E-state index in [1.807, 2.05) is 0 Å². The molecule has 0 aliphatic rings. The molecule has 3 amide bonds. The third-order valence-electron chi connectivity index (χ3n) is 2.37. The molecule has 7 heteroatoms. The highest BCUT2D eigenvalue weighted by Gasteiger charge is 2.13. The maximum absolute atomic E-state index is 11.9. The zero-order chi connectivity index (χ0) is 14.4. The van der Waals surface area contributed by atoms with E-state index < -0.39 is 0 Å². The lowest BCUT2D eigenvalue weighted by atomic mass is 10.1. The summed E-state index contributed by atoms with van der Waals surface area (Å²) < 4.78 is 0. The first-order valence-corrected chi connectivity index (χ1v) is 6.08. The summed E-state index contributed by atoms with van der Waals surface area (Å²) in [6.07, 6.45) is 0. The van der Waals surface area contributed by atoms with Crippen LogP contribution in [0, 0.1) is 0 Å². The molecule has 0 aliphatic carbocycles. The van der Waals surface area contributed by atoms with Gasteiger partial charge in [-0.1, -0.05) is 17.7 Å². The van der Waals surface area contributed by atoms with Crippen LogP contribution in [0.15, 0.2) is 18.2 Å². The standard InChI is InChI=1S/C12H17ClN4O2/c1-17(2)12(19)16-7-6-15-11(18)10-8(13)4-3-5-9(10)14/h3-5H,6-7,14H2,1-2H3,(H,15,18)(H,16,19). The predicted molar refractivity (Wildman–Crippen MR) is 75.3 cm³/mol. The van der Waals surface area contributed by atoms with E-state index in [0.29, 0.717) is 23.8 Å². The Morgan fingerprint density at radius 1 is 1.26 bits per heavy atom. The number of nitrogens with two attached hydrogens (primary N) is 1. The quantitative estimate of drug-likeness (QED) is 0.568. The zero-order valence-corrected chi connectivity index (χ0v) is 11.6. The fraction of sp³-hybridized carbons (Fsp3) is 0.333. The van der Waals surface area contributed by atoms with Crippen molar-refractivity contribution in [3.05, 3.63) is 28.8 Å². The number of urea groups is 1. The Balaban J connectivity index is 2.46. The second-order valence-electron chi connectivity index (χ2n) is 4.09. The molecular formula is C12H17ClN4O2. The number of nitrogens with one attached hydrogen (secondary N) is 2. The number of nitrogen functional groups attached to an aromatic ring is 1. The summed E-state index contributed by atoms with van der Waals surface area (Å²) in [4.78, 5) is 24.5. The molecule has 6 nitrogen and oxygen atoms in total. The van der Waals surface area contributed by atoms with E-state index in [4.69, 9.17) is 17.3 Å². The summed E-state index contributed by atoms with van der Waals surface area (Å²) in [6.45, 7) is 0.621. The van der Waals surface area contributed by atoms with Crippen molar-refractivity contribution in [1.82, 2.24) is 15.5 Å². The molecule has 0 heterocycles. The summed E-state index contributed by atoms with van der Waals surface area (Å²) in [7, 11) is 3.27. The Hall–Kier alpha value is -1.95. The van der Waals surface area contributed by atoms with Crippen LogP contribution in [-0.2, 0) is 0 Å². The largest absolute Gasteiger partial charge is 0.398 e. The molecule has 0 saturated heterocycles. The van der Waals surface area contributed by atoms with Crippen molar-refractivity contribution in [2.24, 2.45) is 0 Å². The van der Waals surface area contributed by atoms with Gasteiger partial charge in [-0.25, -0.2) is 4.79 Å². The first-order valence-electron chi connectivity index (χ1n) is 5.71. The van der Waals surface area contributed by atoms with Gasteiger partial charge in [0.1, 0.15) is 0 Å². The lowest BCUT2D eigenvalue weighted by molar-refractivity contribution is 0.0954. The molecule has 19 heavy (non-hydrogen) atoms. The minimum Gasteiger partial charge on any atom is -0.398 e. The highest BCUT2D eigenvalue weighted by Crippen LogP contribution is 2.21. The van der Waals surface area contributed by atoms with Crippen LogP contribution in [0.5, 0.6) is 0 Å². The molecular weight excluding hydrogens is 268 g/mol. The zero-order valence-electron chi connectivity index (χ0n) is 10.9. The molecule has 0 spiro atoms. The van der Waals surface area contributed by atoms with Gasteiger partial charge in [0.2, 0.25) is 0 Å². The summed E-state index contributed by atoms with van der Waals surface area (Å²) in [5.74, 6) is -0.359. The van der Waals surface area contributed by atoms with E-state index in [2.05, 4.69) is 10.6 Å². The molecule has 0 bridgehead atoms. The fourth-order valence-corrected chi connectivity index (χ4v) is 1.64. The monoisotopic (exact) mass is 284 g/mol. The number of benzene rings is 1. The van der Waals surface area contributed by atoms with Gasteiger partial charge in [0.15, 0.2) is 0 Å². The van der Waals surface area contributed by atoms with E-state index in [0.717, 1.165) is 0 Å². The molecule has 1 rings (SSSR count). The first-order chi connectivity index (χ1) is 8.93. The van der Waals surface area contributed by atoms with Gasteiger partial charge in [0.25, 0.3) is 5.91 Å². The predicted octanol–water partition coefficient (Wildman–Crippen LogP) is 0.923. The molecule has 0 radical (unpaired) electrons. The van der Waals surface area contributed by atoms with Crippen LogP contribution < -0.4 is 16.4 Å². The summed E-state index contributed by atoms with van der Waals surface area (Å²) >= 11 is 5.91. The van der Waals surface area contributed by atoms with Crippen LogP contribution in [-0.4, -0.2) is 44.0 Å². The minimum atomic E-state index is -0.359. The van der Waals surface area contributed by atoms with Crippen LogP contribution >= 0.6 is 11.6 Å². The third kappa shape index (κ3) is 4.33. The van der Waals surface area contributed by atoms with E-state index in [1.54, 1.807) is 32.3 Å². The number of amides is 3. The number of anilines is 1. The smallest absolute Gasteiger partial charge is 0.316 e. The lowest BCUT2D eigenvalue weighted by Gasteiger charge is -2.13. The van der Waals surface area contributed by atoms with E-state index >= 15 is 0 Å². The maximum Gasteiger partial charge on any atom is 0.316 e. The third-order valence-corrected chi connectivity index (χ3v) is 2.68. The van der Waals surface area contributed by atoms with Crippen molar-refractivity contribution in [2.75, 3.05) is 32.9 Å².